The maximum atomic E-state index is 12.7. The number of carbonyl (C=O) groups is 1. The van der Waals surface area contributed by atoms with Crippen LogP contribution in [0.15, 0.2) is 54.6 Å². The summed E-state index contributed by atoms with van der Waals surface area (Å²) in [6.45, 7) is 2.24. The molecule has 1 aliphatic rings. The second-order valence-corrected chi connectivity index (χ2v) is 7.64. The lowest BCUT2D eigenvalue weighted by molar-refractivity contribution is -0.121. The van der Waals surface area contributed by atoms with E-state index in [1.54, 1.807) is 18.9 Å². The van der Waals surface area contributed by atoms with E-state index in [4.69, 9.17) is 9.47 Å². The van der Waals surface area contributed by atoms with E-state index in [9.17, 15) is 4.79 Å². The molecule has 27 heavy (non-hydrogen) atoms. The van der Waals surface area contributed by atoms with Crippen LogP contribution in [-0.4, -0.2) is 44.5 Å². The number of carbonyl (C=O) groups excluding carboxylic acids is 1. The number of methoxy groups -OCH3 is 1. The SMILES string of the molecule is COCCNC[C@@H]1CCS[C@H](c2ccc(Oc3ccccc3)cc2)C(=O)N1. The largest absolute Gasteiger partial charge is 0.457 e. The van der Waals surface area contributed by atoms with Crippen molar-refractivity contribution in [3.63, 3.8) is 0 Å². The number of thioether (sulfide) groups is 1. The molecule has 6 heteroatoms. The Bertz CT molecular complexity index is 709. The number of hydrogen-bond donors (Lipinski definition) is 2. The van der Waals surface area contributed by atoms with Crippen molar-refractivity contribution in [1.29, 1.82) is 0 Å². The van der Waals surface area contributed by atoms with Gasteiger partial charge in [0.1, 0.15) is 16.7 Å². The average molecular weight is 387 g/mol. The molecule has 0 spiro atoms. The standard InChI is InChI=1S/C21H26N2O3S/c1-25-13-12-22-15-17-11-14-27-20(21(24)23-17)16-7-9-19(10-8-16)26-18-5-3-2-4-6-18/h2-10,17,20,22H,11-15H2,1H3,(H,23,24)/t17-,20+/m0/s1. The molecule has 3 rings (SSSR count). The molecule has 2 aromatic carbocycles. The normalized spacial score (nSPS) is 20.0. The summed E-state index contributed by atoms with van der Waals surface area (Å²) in [5, 5.41) is 6.31. The minimum Gasteiger partial charge on any atom is -0.457 e. The van der Waals surface area contributed by atoms with Crippen LogP contribution < -0.4 is 15.4 Å². The minimum atomic E-state index is -0.181. The van der Waals surface area contributed by atoms with Crippen LogP contribution in [0.4, 0.5) is 0 Å². The summed E-state index contributed by atoms with van der Waals surface area (Å²) in [6, 6.07) is 17.6. The maximum absolute atomic E-state index is 12.7. The molecule has 0 bridgehead atoms. The van der Waals surface area contributed by atoms with Crippen molar-refractivity contribution in [2.45, 2.75) is 17.7 Å². The number of rotatable bonds is 8. The third kappa shape index (κ3) is 5.99. The van der Waals surface area contributed by atoms with Gasteiger partial charge in [0.25, 0.3) is 0 Å². The molecule has 2 N–H and O–H groups in total. The minimum absolute atomic E-state index is 0.0766. The first kappa shape index (κ1) is 19.7. The van der Waals surface area contributed by atoms with Crippen molar-refractivity contribution >= 4 is 17.7 Å². The molecule has 5 nitrogen and oxygen atoms in total. The summed E-state index contributed by atoms with van der Waals surface area (Å²) < 4.78 is 10.9. The van der Waals surface area contributed by atoms with Gasteiger partial charge in [-0.25, -0.2) is 0 Å². The number of benzene rings is 2. The topological polar surface area (TPSA) is 59.6 Å². The van der Waals surface area contributed by atoms with Crippen molar-refractivity contribution in [3.8, 4) is 11.5 Å². The monoisotopic (exact) mass is 386 g/mol. The lowest BCUT2D eigenvalue weighted by Crippen LogP contribution is -2.42. The van der Waals surface area contributed by atoms with Gasteiger partial charge in [0.15, 0.2) is 0 Å². The van der Waals surface area contributed by atoms with E-state index in [0.29, 0.717) is 6.61 Å². The Morgan fingerprint density at radius 3 is 2.59 bits per heavy atom. The van der Waals surface area contributed by atoms with Gasteiger partial charge in [-0.3, -0.25) is 4.79 Å². The molecule has 0 aliphatic carbocycles. The Hall–Kier alpha value is -2.02. The predicted octanol–water partition coefficient (Wildman–Crippen LogP) is 3.38. The lowest BCUT2D eigenvalue weighted by Gasteiger charge is -2.18. The molecular weight excluding hydrogens is 360 g/mol. The first-order chi connectivity index (χ1) is 13.3. The van der Waals surface area contributed by atoms with E-state index in [0.717, 1.165) is 42.3 Å². The summed E-state index contributed by atoms with van der Waals surface area (Å²) in [6.07, 6.45) is 0.960. The Balaban J connectivity index is 1.56. The van der Waals surface area contributed by atoms with Crippen molar-refractivity contribution < 1.29 is 14.3 Å². The highest BCUT2D eigenvalue weighted by Crippen LogP contribution is 2.33. The van der Waals surface area contributed by atoms with Crippen molar-refractivity contribution in [3.05, 3.63) is 60.2 Å². The number of hydrogen-bond acceptors (Lipinski definition) is 5. The third-order valence-corrected chi connectivity index (χ3v) is 5.66. The van der Waals surface area contributed by atoms with Gasteiger partial charge in [-0.1, -0.05) is 30.3 Å². The molecule has 0 saturated carbocycles. The van der Waals surface area contributed by atoms with Crippen LogP contribution in [0.3, 0.4) is 0 Å². The smallest absolute Gasteiger partial charge is 0.237 e. The highest BCUT2D eigenvalue weighted by Gasteiger charge is 2.27. The van der Waals surface area contributed by atoms with Crippen LogP contribution in [0.2, 0.25) is 0 Å². The molecule has 2 aromatic rings. The van der Waals surface area contributed by atoms with Gasteiger partial charge in [-0.2, -0.15) is 0 Å². The van der Waals surface area contributed by atoms with Crippen molar-refractivity contribution in [1.82, 2.24) is 10.6 Å². The molecule has 144 valence electrons. The highest BCUT2D eigenvalue weighted by molar-refractivity contribution is 8.00. The van der Waals surface area contributed by atoms with E-state index in [1.807, 2.05) is 54.6 Å². The summed E-state index contributed by atoms with van der Waals surface area (Å²) in [5.41, 5.74) is 1.01. The molecule has 1 fully saturated rings. The Labute approximate surface area is 164 Å². The van der Waals surface area contributed by atoms with E-state index in [2.05, 4.69) is 10.6 Å². The Kier molecular flexibility index (Phi) is 7.56. The second-order valence-electron chi connectivity index (χ2n) is 6.43. The zero-order valence-electron chi connectivity index (χ0n) is 15.5. The predicted molar refractivity (Wildman–Crippen MR) is 109 cm³/mol. The van der Waals surface area contributed by atoms with Crippen LogP contribution in [0.1, 0.15) is 17.2 Å². The van der Waals surface area contributed by atoms with Crippen LogP contribution in [0.25, 0.3) is 0 Å². The first-order valence-corrected chi connectivity index (χ1v) is 10.3. The van der Waals surface area contributed by atoms with Gasteiger partial charge in [-0.15, -0.1) is 11.8 Å². The Morgan fingerprint density at radius 1 is 1.11 bits per heavy atom. The molecule has 1 saturated heterocycles. The van der Waals surface area contributed by atoms with Crippen LogP contribution >= 0.6 is 11.8 Å². The number of ether oxygens (including phenoxy) is 2. The van der Waals surface area contributed by atoms with Gasteiger partial charge >= 0.3 is 0 Å². The first-order valence-electron chi connectivity index (χ1n) is 9.21. The summed E-state index contributed by atoms with van der Waals surface area (Å²) in [4.78, 5) is 12.7. The molecule has 1 amide bonds. The lowest BCUT2D eigenvalue weighted by atomic mass is 10.1. The summed E-state index contributed by atoms with van der Waals surface area (Å²) >= 11 is 1.70. The van der Waals surface area contributed by atoms with Crippen LogP contribution in [0, 0.1) is 0 Å². The molecule has 1 aliphatic heterocycles. The maximum Gasteiger partial charge on any atom is 0.237 e. The molecule has 0 aromatic heterocycles. The molecule has 1 heterocycles. The van der Waals surface area contributed by atoms with Gasteiger partial charge in [0, 0.05) is 26.2 Å². The van der Waals surface area contributed by atoms with Crippen molar-refractivity contribution in [2.75, 3.05) is 32.6 Å². The van der Waals surface area contributed by atoms with Crippen molar-refractivity contribution in [2.24, 2.45) is 0 Å². The molecule has 0 unspecified atom stereocenters. The fourth-order valence-electron chi connectivity index (χ4n) is 2.94. The number of nitrogens with one attached hydrogen (secondary N) is 2. The Morgan fingerprint density at radius 2 is 1.85 bits per heavy atom. The number of para-hydroxylation sites is 1. The van der Waals surface area contributed by atoms with E-state index < -0.39 is 0 Å². The van der Waals surface area contributed by atoms with E-state index in [-0.39, 0.29) is 17.2 Å². The number of amides is 1. The third-order valence-electron chi connectivity index (χ3n) is 4.37. The molecule has 2 atom stereocenters. The van der Waals surface area contributed by atoms with E-state index >= 15 is 0 Å². The zero-order chi connectivity index (χ0) is 18.9. The molecular formula is C21H26N2O3S. The fourth-order valence-corrected chi connectivity index (χ4v) is 4.16. The zero-order valence-corrected chi connectivity index (χ0v) is 16.3. The summed E-state index contributed by atoms with van der Waals surface area (Å²) in [7, 11) is 1.69. The average Bonchev–Trinajstić information content (AvgIpc) is 2.88. The van der Waals surface area contributed by atoms with Gasteiger partial charge in [0.05, 0.1) is 6.61 Å². The van der Waals surface area contributed by atoms with E-state index in [1.165, 1.54) is 0 Å². The second kappa shape index (κ2) is 10.3. The van der Waals surface area contributed by atoms with Gasteiger partial charge in [-0.05, 0) is 42.0 Å². The van der Waals surface area contributed by atoms with Crippen LogP contribution in [0.5, 0.6) is 11.5 Å². The van der Waals surface area contributed by atoms with Crippen LogP contribution in [-0.2, 0) is 9.53 Å². The fraction of sp³-hybridized carbons (Fsp3) is 0.381. The quantitative estimate of drug-likeness (QED) is 0.681. The highest BCUT2D eigenvalue weighted by atomic mass is 32.2. The molecule has 0 radical (unpaired) electrons. The summed E-state index contributed by atoms with van der Waals surface area (Å²) in [5.74, 6) is 2.59. The van der Waals surface area contributed by atoms with Gasteiger partial charge in [0.2, 0.25) is 5.91 Å². The van der Waals surface area contributed by atoms with Gasteiger partial charge < -0.3 is 20.1 Å².